The van der Waals surface area contributed by atoms with E-state index in [4.69, 9.17) is 4.52 Å². The minimum Gasteiger partial charge on any atom is -0.361 e. The largest absolute Gasteiger partial charge is 0.361 e. The fourth-order valence-corrected chi connectivity index (χ4v) is 2.90. The van der Waals surface area contributed by atoms with Crippen molar-refractivity contribution in [2.75, 3.05) is 12.3 Å². The zero-order chi connectivity index (χ0) is 13.9. The number of nitrogens with zero attached hydrogens (tertiary/aromatic N) is 1. The van der Waals surface area contributed by atoms with E-state index < -0.39 is 10.0 Å². The van der Waals surface area contributed by atoms with Crippen LogP contribution in [0.4, 0.5) is 0 Å². The van der Waals surface area contributed by atoms with Crippen molar-refractivity contribution < 1.29 is 12.9 Å². The molecule has 0 bridgehead atoms. The van der Waals surface area contributed by atoms with Crippen LogP contribution in [0.3, 0.4) is 0 Å². The van der Waals surface area contributed by atoms with Gasteiger partial charge in [-0.25, -0.2) is 13.1 Å². The molecule has 108 valence electrons. The number of sulfonamides is 1. The van der Waals surface area contributed by atoms with Gasteiger partial charge >= 0.3 is 0 Å². The second-order valence-electron chi connectivity index (χ2n) is 5.02. The monoisotopic (exact) mass is 287 g/mol. The van der Waals surface area contributed by atoms with Crippen LogP contribution in [-0.4, -0.2) is 31.9 Å². The van der Waals surface area contributed by atoms with Crippen LogP contribution in [0.5, 0.6) is 0 Å². The van der Waals surface area contributed by atoms with Gasteiger partial charge in [0.1, 0.15) is 5.76 Å². The van der Waals surface area contributed by atoms with Crippen LogP contribution in [-0.2, 0) is 16.6 Å². The van der Waals surface area contributed by atoms with Gasteiger partial charge in [-0.3, -0.25) is 0 Å². The lowest BCUT2D eigenvalue weighted by molar-refractivity contribution is 0.392. The van der Waals surface area contributed by atoms with Crippen LogP contribution in [0.2, 0.25) is 0 Å². The zero-order valence-electron chi connectivity index (χ0n) is 11.4. The van der Waals surface area contributed by atoms with Gasteiger partial charge in [0.05, 0.1) is 11.4 Å². The van der Waals surface area contributed by atoms with Crippen LogP contribution < -0.4 is 10.0 Å². The predicted octanol–water partition coefficient (Wildman–Crippen LogP) is 0.853. The van der Waals surface area contributed by atoms with Gasteiger partial charge in [0.2, 0.25) is 10.0 Å². The second kappa shape index (κ2) is 6.02. The van der Waals surface area contributed by atoms with E-state index in [1.807, 2.05) is 0 Å². The van der Waals surface area contributed by atoms with Gasteiger partial charge in [0, 0.05) is 18.2 Å². The summed E-state index contributed by atoms with van der Waals surface area (Å²) in [7, 11) is -3.23. The maximum absolute atomic E-state index is 11.8. The van der Waals surface area contributed by atoms with Crippen molar-refractivity contribution in [1.29, 1.82) is 0 Å². The normalized spacial score (nSPS) is 15.9. The highest BCUT2D eigenvalue weighted by Crippen LogP contribution is 2.18. The fourth-order valence-electron chi connectivity index (χ4n) is 1.86. The molecule has 0 unspecified atom stereocenters. The highest BCUT2D eigenvalue weighted by atomic mass is 32.2. The summed E-state index contributed by atoms with van der Waals surface area (Å²) in [6, 6.07) is 0.623. The van der Waals surface area contributed by atoms with Gasteiger partial charge in [-0.05, 0) is 39.7 Å². The Balaban J connectivity index is 1.73. The van der Waals surface area contributed by atoms with Crippen molar-refractivity contribution in [3.8, 4) is 0 Å². The maximum Gasteiger partial charge on any atom is 0.211 e. The second-order valence-corrected chi connectivity index (χ2v) is 6.95. The number of aromatic nitrogens is 1. The number of hydrogen-bond donors (Lipinski definition) is 2. The van der Waals surface area contributed by atoms with Crippen molar-refractivity contribution in [3.63, 3.8) is 0 Å². The molecule has 0 atom stereocenters. The van der Waals surface area contributed by atoms with Crippen molar-refractivity contribution in [2.45, 2.75) is 45.7 Å². The summed E-state index contributed by atoms with van der Waals surface area (Å²) < 4.78 is 31.2. The summed E-state index contributed by atoms with van der Waals surface area (Å²) in [4.78, 5) is 0. The summed E-state index contributed by atoms with van der Waals surface area (Å²) in [6.07, 6.45) is 3.07. The first-order valence-electron chi connectivity index (χ1n) is 6.60. The minimum absolute atomic E-state index is 0.149. The third-order valence-electron chi connectivity index (χ3n) is 3.25. The smallest absolute Gasteiger partial charge is 0.211 e. The number of nitrogens with one attached hydrogen (secondary N) is 2. The van der Waals surface area contributed by atoms with Gasteiger partial charge < -0.3 is 9.84 Å². The van der Waals surface area contributed by atoms with Crippen LogP contribution in [0.1, 0.15) is 36.3 Å². The van der Waals surface area contributed by atoms with Gasteiger partial charge in [0.15, 0.2) is 0 Å². The molecule has 2 rings (SSSR count). The molecule has 6 nitrogen and oxygen atoms in total. The molecule has 1 aromatic rings. The first-order chi connectivity index (χ1) is 8.98. The summed E-state index contributed by atoms with van der Waals surface area (Å²) in [5.41, 5.74) is 1.55. The average molecular weight is 287 g/mol. The molecule has 7 heteroatoms. The maximum atomic E-state index is 11.8. The molecule has 1 heterocycles. The van der Waals surface area contributed by atoms with E-state index in [0.717, 1.165) is 17.8 Å². The van der Waals surface area contributed by atoms with E-state index in [9.17, 15) is 8.42 Å². The van der Waals surface area contributed by atoms with Crippen LogP contribution in [0.25, 0.3) is 0 Å². The molecule has 1 aliphatic carbocycles. The zero-order valence-corrected chi connectivity index (χ0v) is 12.2. The highest BCUT2D eigenvalue weighted by molar-refractivity contribution is 7.89. The number of rotatable bonds is 8. The molecule has 0 aromatic carbocycles. The SMILES string of the molecule is Cc1noc(C)c1CNS(=O)(=O)CCCNC1CC1. The minimum atomic E-state index is -3.23. The fraction of sp³-hybridized carbons (Fsp3) is 0.750. The molecule has 1 aliphatic rings. The Bertz CT molecular complexity index is 501. The quantitative estimate of drug-likeness (QED) is 0.693. The molecular formula is C12H21N3O3S. The first-order valence-corrected chi connectivity index (χ1v) is 8.25. The molecule has 1 fully saturated rings. The van der Waals surface area contributed by atoms with Gasteiger partial charge in [0.25, 0.3) is 0 Å². The standard InChI is InChI=1S/C12H21N3O3S/c1-9-12(10(2)18-15-9)8-14-19(16,17)7-3-6-13-11-4-5-11/h11,13-14H,3-8H2,1-2H3. The summed E-state index contributed by atoms with van der Waals surface area (Å²) in [5.74, 6) is 0.811. The van der Waals surface area contributed by atoms with Crippen molar-refractivity contribution in [3.05, 3.63) is 17.0 Å². The average Bonchev–Trinajstić information content (AvgIpc) is 3.11. The van der Waals surface area contributed by atoms with Gasteiger partial charge in [-0.2, -0.15) is 0 Å². The predicted molar refractivity (Wildman–Crippen MR) is 72.2 cm³/mol. The molecule has 2 N–H and O–H groups in total. The molecule has 0 radical (unpaired) electrons. The van der Waals surface area contributed by atoms with E-state index >= 15 is 0 Å². The van der Waals surface area contributed by atoms with E-state index in [2.05, 4.69) is 15.2 Å². The third kappa shape index (κ3) is 4.59. The molecule has 0 spiro atoms. The molecule has 0 saturated heterocycles. The molecule has 1 saturated carbocycles. The van der Waals surface area contributed by atoms with Crippen LogP contribution in [0, 0.1) is 13.8 Å². The molecule has 19 heavy (non-hydrogen) atoms. The Morgan fingerprint density at radius 3 is 2.68 bits per heavy atom. The van der Waals surface area contributed by atoms with Gasteiger partial charge in [-0.1, -0.05) is 5.16 Å². The third-order valence-corrected chi connectivity index (χ3v) is 4.66. The highest BCUT2D eigenvalue weighted by Gasteiger charge is 2.20. The summed E-state index contributed by atoms with van der Waals surface area (Å²) >= 11 is 0. The lowest BCUT2D eigenvalue weighted by Gasteiger charge is -2.07. The van der Waals surface area contributed by atoms with Crippen LogP contribution >= 0.6 is 0 Å². The Morgan fingerprint density at radius 1 is 1.37 bits per heavy atom. The summed E-state index contributed by atoms with van der Waals surface area (Å²) in [5, 5.41) is 7.10. The van der Waals surface area contributed by atoms with E-state index in [1.54, 1.807) is 13.8 Å². The van der Waals surface area contributed by atoms with Gasteiger partial charge in [-0.15, -0.1) is 0 Å². The van der Waals surface area contributed by atoms with Crippen molar-refractivity contribution in [1.82, 2.24) is 15.2 Å². The topological polar surface area (TPSA) is 84.2 Å². The van der Waals surface area contributed by atoms with E-state index in [-0.39, 0.29) is 12.3 Å². The number of aryl methyl sites for hydroxylation is 2. The summed E-state index contributed by atoms with van der Waals surface area (Å²) in [6.45, 7) is 4.60. The van der Waals surface area contributed by atoms with Crippen molar-refractivity contribution >= 4 is 10.0 Å². The van der Waals surface area contributed by atoms with E-state index in [1.165, 1.54) is 12.8 Å². The Morgan fingerprint density at radius 2 is 2.11 bits per heavy atom. The van der Waals surface area contributed by atoms with Crippen LogP contribution in [0.15, 0.2) is 4.52 Å². The lowest BCUT2D eigenvalue weighted by Crippen LogP contribution is -2.28. The van der Waals surface area contributed by atoms with Crippen molar-refractivity contribution in [2.24, 2.45) is 0 Å². The lowest BCUT2D eigenvalue weighted by atomic mass is 10.2. The Kier molecular flexibility index (Phi) is 4.59. The molecule has 1 aromatic heterocycles. The molecule has 0 aliphatic heterocycles. The Labute approximate surface area is 114 Å². The molecular weight excluding hydrogens is 266 g/mol. The van der Waals surface area contributed by atoms with E-state index in [0.29, 0.717) is 18.2 Å². The molecule has 0 amide bonds. The number of hydrogen-bond acceptors (Lipinski definition) is 5. The first kappa shape index (κ1) is 14.5. The Hall–Kier alpha value is -0.920.